The molecule has 2 aromatic heterocycles. The third kappa shape index (κ3) is 4.09. The van der Waals surface area contributed by atoms with E-state index in [1.54, 1.807) is 4.57 Å². The molecule has 6 atom stereocenters. The van der Waals surface area contributed by atoms with Gasteiger partial charge in [-0.25, -0.2) is 23.1 Å². The summed E-state index contributed by atoms with van der Waals surface area (Å²) in [7, 11) is 0. The molecule has 1 aliphatic heterocycles. The fourth-order valence-electron chi connectivity index (χ4n) is 3.84. The average Bonchev–Trinajstić information content (AvgIpc) is 3.44. The molecule has 11 heteroatoms. The van der Waals surface area contributed by atoms with Gasteiger partial charge in [-0.15, -0.1) is 0 Å². The summed E-state index contributed by atoms with van der Waals surface area (Å²) in [5.41, 5.74) is 0.0736. The summed E-state index contributed by atoms with van der Waals surface area (Å²) in [6.07, 6.45) is -2.01. The Balaban J connectivity index is 1.52. The first-order valence-electron chi connectivity index (χ1n) is 11.9. The Morgan fingerprint density at radius 2 is 1.94 bits per heavy atom. The van der Waals surface area contributed by atoms with Crippen molar-refractivity contribution in [2.75, 3.05) is 23.8 Å². The predicted molar refractivity (Wildman–Crippen MR) is 111 cm³/mol. The quantitative estimate of drug-likeness (QED) is 0.545. The minimum Gasteiger partial charge on any atom is -0.393 e. The van der Waals surface area contributed by atoms with Crippen molar-refractivity contribution in [1.29, 1.82) is 0 Å². The van der Waals surface area contributed by atoms with Crippen molar-refractivity contribution in [2.45, 2.75) is 50.2 Å². The summed E-state index contributed by atoms with van der Waals surface area (Å²) in [4.78, 5) is 13.1. The van der Waals surface area contributed by atoms with Crippen LogP contribution in [0.1, 0.15) is 42.2 Å². The maximum atomic E-state index is 14.3. The smallest absolute Gasteiger partial charge is 0.224 e. The van der Waals surface area contributed by atoms with Crippen LogP contribution in [-0.4, -0.2) is 50.0 Å². The van der Waals surface area contributed by atoms with Crippen LogP contribution in [0.5, 0.6) is 0 Å². The highest BCUT2D eigenvalue weighted by Crippen LogP contribution is 2.32. The Morgan fingerprint density at radius 1 is 1.12 bits per heavy atom. The lowest BCUT2D eigenvalue weighted by Crippen LogP contribution is -2.29. The Labute approximate surface area is 186 Å². The second kappa shape index (κ2) is 8.55. The van der Waals surface area contributed by atoms with Gasteiger partial charge < -0.3 is 20.5 Å². The lowest BCUT2D eigenvalue weighted by atomic mass is 9.93. The highest BCUT2D eigenvalue weighted by atomic mass is 19.1. The zero-order chi connectivity index (χ0) is 24.9. The summed E-state index contributed by atoms with van der Waals surface area (Å²) < 4.78 is 73.5. The number of ether oxygens (including phenoxy) is 1. The Morgan fingerprint density at radius 3 is 2.69 bits per heavy atom. The van der Waals surface area contributed by atoms with E-state index >= 15 is 0 Å². The van der Waals surface area contributed by atoms with E-state index in [0.29, 0.717) is 42.9 Å². The van der Waals surface area contributed by atoms with Crippen molar-refractivity contribution in [3.05, 3.63) is 35.8 Å². The Hall–Kier alpha value is -2.92. The Kier molecular flexibility index (Phi) is 4.71. The molecule has 3 N–H and O–H groups in total. The van der Waals surface area contributed by atoms with Crippen LogP contribution in [0.25, 0.3) is 11.2 Å². The first-order chi connectivity index (χ1) is 16.7. The van der Waals surface area contributed by atoms with Crippen molar-refractivity contribution in [1.82, 2.24) is 19.5 Å². The fourth-order valence-corrected chi connectivity index (χ4v) is 3.84. The van der Waals surface area contributed by atoms with Gasteiger partial charge in [0.25, 0.3) is 0 Å². The van der Waals surface area contributed by atoms with Crippen LogP contribution in [0, 0.1) is 17.5 Å². The minimum atomic E-state index is -1.12. The molecule has 2 fully saturated rings. The first kappa shape index (κ1) is 17.6. The van der Waals surface area contributed by atoms with Crippen LogP contribution in [-0.2, 0) is 4.74 Å². The molecule has 6 unspecified atom stereocenters. The number of hydrogen-bond donors (Lipinski definition) is 3. The number of anilines is 3. The molecule has 1 saturated heterocycles. The molecular weight excluding hydrogens is 425 g/mol. The summed E-state index contributed by atoms with van der Waals surface area (Å²) >= 11 is 0. The van der Waals surface area contributed by atoms with Crippen LogP contribution in [0.3, 0.4) is 0 Å². The topological polar surface area (TPSA) is 97.1 Å². The van der Waals surface area contributed by atoms with E-state index in [4.69, 9.17) is 8.85 Å². The van der Waals surface area contributed by atoms with E-state index in [9.17, 15) is 18.3 Å². The van der Waals surface area contributed by atoms with Gasteiger partial charge in [-0.05, 0) is 32.0 Å². The number of imidazole rings is 1. The highest BCUT2D eigenvalue weighted by molar-refractivity contribution is 5.76. The van der Waals surface area contributed by atoms with Gasteiger partial charge in [0.2, 0.25) is 11.9 Å². The maximum Gasteiger partial charge on any atom is 0.224 e. The lowest BCUT2D eigenvalue weighted by Gasteiger charge is -2.26. The molecule has 0 bridgehead atoms. The molecule has 3 heterocycles. The average molecular weight is 451 g/mol. The van der Waals surface area contributed by atoms with Crippen LogP contribution in [0.4, 0.5) is 30.8 Å². The van der Waals surface area contributed by atoms with Crippen molar-refractivity contribution < 1.29 is 27.1 Å². The van der Waals surface area contributed by atoms with Crippen LogP contribution >= 0.6 is 0 Å². The van der Waals surface area contributed by atoms with E-state index in [2.05, 4.69) is 25.6 Å². The number of rotatable bonds is 5. The van der Waals surface area contributed by atoms with Crippen molar-refractivity contribution in [3.63, 3.8) is 0 Å². The van der Waals surface area contributed by atoms with Gasteiger partial charge in [-0.2, -0.15) is 4.98 Å². The normalized spacial score (nSPS) is 31.8. The Bertz CT molecular complexity index is 1220. The van der Waals surface area contributed by atoms with Gasteiger partial charge in [0.05, 0.1) is 24.9 Å². The predicted octanol–water partition coefficient (Wildman–Crippen LogP) is 3.66. The first-order valence-corrected chi connectivity index (χ1v) is 10.2. The number of nitrogens with zero attached hydrogens (tertiary/aromatic N) is 4. The molecule has 0 amide bonds. The number of halogens is 3. The largest absolute Gasteiger partial charge is 0.393 e. The second-order valence-corrected chi connectivity index (χ2v) is 7.69. The fraction of sp³-hybridized carbons (Fsp3) is 0.476. The molecule has 8 nitrogen and oxygen atoms in total. The summed E-state index contributed by atoms with van der Waals surface area (Å²) in [5.74, 6) is -3.13. The van der Waals surface area contributed by atoms with Crippen LogP contribution in [0.2, 0.25) is 0 Å². The highest BCUT2D eigenvalue weighted by Gasteiger charge is 2.27. The molecule has 1 aromatic carbocycles. The number of aliphatic hydroxyl groups excluding tert-OH is 1. The standard InChI is InChI=1S/C21H23F3N6O2/c22-11-7-15(23)18(16(24)8-11)28-21-27-17-9-25-20(26-12-1-3-14(31)4-2-12)29-19(17)30(21)13-5-6-32-10-13/h7-9,12-14,31H,1-6,10H2,(H,27,28)(H,25,26,29)/i1D,2D,3D. The van der Waals surface area contributed by atoms with Crippen LogP contribution < -0.4 is 10.6 Å². The van der Waals surface area contributed by atoms with Gasteiger partial charge >= 0.3 is 0 Å². The van der Waals surface area contributed by atoms with Crippen molar-refractivity contribution in [2.24, 2.45) is 0 Å². The number of aliphatic hydroxyl groups is 1. The molecule has 0 spiro atoms. The number of benzene rings is 1. The number of fused-ring (bicyclic) bond motifs is 1. The van der Waals surface area contributed by atoms with E-state index in [0.717, 1.165) is 0 Å². The number of aromatic nitrogens is 4. The van der Waals surface area contributed by atoms with E-state index in [1.165, 1.54) is 6.20 Å². The second-order valence-electron chi connectivity index (χ2n) is 7.69. The molecule has 170 valence electrons. The zero-order valence-corrected chi connectivity index (χ0v) is 16.8. The SMILES string of the molecule is [2H]C1CC(O)C([2H])C([2H])C1Nc1ncc2nc(Nc3c(F)cc(F)cc3F)n(C3CCOC3)c2n1. The van der Waals surface area contributed by atoms with Crippen molar-refractivity contribution >= 4 is 28.7 Å². The monoisotopic (exact) mass is 451 g/mol. The van der Waals surface area contributed by atoms with E-state index in [1.807, 2.05) is 0 Å². The molecule has 0 radical (unpaired) electrons. The third-order valence-electron chi connectivity index (χ3n) is 5.42. The third-order valence-corrected chi connectivity index (χ3v) is 5.42. The summed E-state index contributed by atoms with van der Waals surface area (Å²) in [6.45, 7) is 0.779. The van der Waals surface area contributed by atoms with E-state index < -0.39 is 54.5 Å². The van der Waals surface area contributed by atoms with Gasteiger partial charge in [0.1, 0.15) is 17.0 Å². The lowest BCUT2D eigenvalue weighted by molar-refractivity contribution is 0.126. The molecular formula is C21H23F3N6O2. The minimum absolute atomic E-state index is 0.0453. The van der Waals surface area contributed by atoms with E-state index in [-0.39, 0.29) is 24.4 Å². The summed E-state index contributed by atoms with van der Waals surface area (Å²) in [5, 5.41) is 15.4. The van der Waals surface area contributed by atoms with Gasteiger partial charge in [0.15, 0.2) is 17.3 Å². The van der Waals surface area contributed by atoms with Crippen LogP contribution in [0.15, 0.2) is 18.3 Å². The molecule has 1 saturated carbocycles. The van der Waals surface area contributed by atoms with Gasteiger partial charge in [-0.3, -0.25) is 4.57 Å². The number of nitrogens with one attached hydrogen (secondary N) is 2. The van der Waals surface area contributed by atoms with Gasteiger partial charge in [-0.1, -0.05) is 0 Å². The summed E-state index contributed by atoms with van der Waals surface area (Å²) in [6, 6.07) is 0.0825. The molecule has 1 aliphatic carbocycles. The van der Waals surface area contributed by atoms with Gasteiger partial charge in [0, 0.05) is 28.9 Å². The number of hydrogen-bond acceptors (Lipinski definition) is 7. The molecule has 5 rings (SSSR count). The zero-order valence-electron chi connectivity index (χ0n) is 19.8. The molecule has 3 aromatic rings. The maximum absolute atomic E-state index is 14.3. The molecule has 32 heavy (non-hydrogen) atoms. The molecule has 2 aliphatic rings. The van der Waals surface area contributed by atoms with Crippen molar-refractivity contribution in [3.8, 4) is 0 Å².